The Kier molecular flexibility index (Phi) is 9.63. The average molecular weight is 287 g/mol. The van der Waals surface area contributed by atoms with Crippen molar-refractivity contribution in [2.24, 2.45) is 5.92 Å². The summed E-state index contributed by atoms with van der Waals surface area (Å²) in [6, 6.07) is 0. The third kappa shape index (κ3) is 7.99. The van der Waals surface area contributed by atoms with Crippen molar-refractivity contribution >= 4 is 11.6 Å². The smallest absolute Gasteiger partial charge is 0.0892 e. The van der Waals surface area contributed by atoms with E-state index in [1.54, 1.807) is 0 Å². The van der Waals surface area contributed by atoms with Crippen molar-refractivity contribution in [2.75, 3.05) is 0 Å². The van der Waals surface area contributed by atoms with Gasteiger partial charge in [0.05, 0.1) is 6.10 Å². The van der Waals surface area contributed by atoms with E-state index >= 15 is 0 Å². The Bertz CT molecular complexity index is 244. The van der Waals surface area contributed by atoms with Gasteiger partial charge in [-0.1, -0.05) is 82.4 Å². The molecule has 0 aromatic heterocycles. The Morgan fingerprint density at radius 3 is 2.42 bits per heavy atom. The third-order valence-electron chi connectivity index (χ3n) is 4.19. The SMILES string of the molecule is CCCCCCCCC(O)/C(Cl)=C/C1CCCCC1. The molecule has 1 saturated carbocycles. The van der Waals surface area contributed by atoms with Crippen LogP contribution < -0.4 is 0 Å². The molecule has 112 valence electrons. The summed E-state index contributed by atoms with van der Waals surface area (Å²) >= 11 is 6.24. The number of halogens is 1. The lowest BCUT2D eigenvalue weighted by atomic mass is 9.88. The predicted molar refractivity (Wildman–Crippen MR) is 84.5 cm³/mol. The van der Waals surface area contributed by atoms with Crippen LogP contribution >= 0.6 is 11.6 Å². The molecule has 1 fully saturated rings. The van der Waals surface area contributed by atoms with Gasteiger partial charge in [-0.15, -0.1) is 0 Å². The molecule has 2 heteroatoms. The van der Waals surface area contributed by atoms with Crippen molar-refractivity contribution < 1.29 is 5.11 Å². The fraction of sp³-hybridized carbons (Fsp3) is 0.882. The summed E-state index contributed by atoms with van der Waals surface area (Å²) in [5.74, 6) is 0.612. The Morgan fingerprint density at radius 2 is 1.74 bits per heavy atom. The molecule has 0 aromatic carbocycles. The lowest BCUT2D eigenvalue weighted by molar-refractivity contribution is 0.202. The molecular formula is C17H31ClO. The number of rotatable bonds is 9. The van der Waals surface area contributed by atoms with E-state index in [4.69, 9.17) is 11.6 Å². The van der Waals surface area contributed by atoms with E-state index in [0.717, 1.165) is 12.8 Å². The maximum atomic E-state index is 10.1. The van der Waals surface area contributed by atoms with Gasteiger partial charge in [0.25, 0.3) is 0 Å². The molecule has 1 rings (SSSR count). The fourth-order valence-electron chi connectivity index (χ4n) is 2.89. The molecule has 0 heterocycles. The summed E-state index contributed by atoms with van der Waals surface area (Å²) in [6.07, 6.45) is 16.6. The molecule has 0 saturated heterocycles. The first kappa shape index (κ1) is 17.0. The Morgan fingerprint density at radius 1 is 1.11 bits per heavy atom. The van der Waals surface area contributed by atoms with Gasteiger partial charge in [0, 0.05) is 5.03 Å². The van der Waals surface area contributed by atoms with Crippen LogP contribution in [0.4, 0.5) is 0 Å². The van der Waals surface area contributed by atoms with Crippen LogP contribution in [0.5, 0.6) is 0 Å². The van der Waals surface area contributed by atoms with Crippen LogP contribution in [0, 0.1) is 5.92 Å². The van der Waals surface area contributed by atoms with Crippen LogP contribution in [-0.4, -0.2) is 11.2 Å². The van der Waals surface area contributed by atoms with Gasteiger partial charge in [-0.2, -0.15) is 0 Å². The molecule has 1 aliphatic carbocycles. The van der Waals surface area contributed by atoms with Gasteiger partial charge in [0.15, 0.2) is 0 Å². The van der Waals surface area contributed by atoms with Crippen LogP contribution in [0.25, 0.3) is 0 Å². The summed E-state index contributed by atoms with van der Waals surface area (Å²) in [6.45, 7) is 2.24. The van der Waals surface area contributed by atoms with Crippen molar-refractivity contribution in [1.82, 2.24) is 0 Å². The number of aliphatic hydroxyl groups is 1. The van der Waals surface area contributed by atoms with E-state index in [9.17, 15) is 5.11 Å². The summed E-state index contributed by atoms with van der Waals surface area (Å²) < 4.78 is 0. The minimum absolute atomic E-state index is 0.422. The molecule has 0 aliphatic heterocycles. The lowest BCUT2D eigenvalue weighted by Crippen LogP contribution is -2.10. The molecule has 1 unspecified atom stereocenters. The zero-order valence-corrected chi connectivity index (χ0v) is 13.3. The number of unbranched alkanes of at least 4 members (excludes halogenated alkanes) is 5. The topological polar surface area (TPSA) is 20.2 Å². The molecular weight excluding hydrogens is 256 g/mol. The van der Waals surface area contributed by atoms with Crippen LogP contribution in [0.2, 0.25) is 0 Å². The van der Waals surface area contributed by atoms with Crippen molar-refractivity contribution in [3.8, 4) is 0 Å². The zero-order valence-electron chi connectivity index (χ0n) is 12.5. The Hall–Kier alpha value is -0.0100. The number of aliphatic hydroxyl groups excluding tert-OH is 1. The number of hydrogen-bond donors (Lipinski definition) is 1. The predicted octanol–water partition coefficient (Wildman–Crippen LogP) is 5.80. The van der Waals surface area contributed by atoms with Gasteiger partial charge in [-0.05, 0) is 25.2 Å². The van der Waals surface area contributed by atoms with Crippen molar-refractivity contribution in [3.05, 3.63) is 11.1 Å². The highest BCUT2D eigenvalue weighted by Crippen LogP contribution is 2.28. The lowest BCUT2D eigenvalue weighted by Gasteiger charge is -2.19. The van der Waals surface area contributed by atoms with E-state index in [1.807, 2.05) is 0 Å². The molecule has 1 atom stereocenters. The standard InChI is InChI=1S/C17H31ClO/c1-2-3-4-5-6-10-13-17(19)16(18)14-15-11-8-7-9-12-15/h14-15,17,19H,2-13H2,1H3/b16-14-. The molecule has 0 aromatic rings. The van der Waals surface area contributed by atoms with E-state index in [1.165, 1.54) is 64.2 Å². The quantitative estimate of drug-likeness (QED) is 0.531. The average Bonchev–Trinajstić information content (AvgIpc) is 2.43. The van der Waals surface area contributed by atoms with E-state index in [0.29, 0.717) is 11.0 Å². The maximum Gasteiger partial charge on any atom is 0.0892 e. The summed E-state index contributed by atoms with van der Waals surface area (Å²) in [4.78, 5) is 0. The number of allylic oxidation sites excluding steroid dienone is 1. The van der Waals surface area contributed by atoms with Gasteiger partial charge in [-0.25, -0.2) is 0 Å². The van der Waals surface area contributed by atoms with Crippen molar-refractivity contribution in [1.29, 1.82) is 0 Å². The highest BCUT2D eigenvalue weighted by Gasteiger charge is 2.14. The van der Waals surface area contributed by atoms with Crippen LogP contribution in [0.1, 0.15) is 84.0 Å². The van der Waals surface area contributed by atoms with Crippen LogP contribution in [0.3, 0.4) is 0 Å². The van der Waals surface area contributed by atoms with Crippen molar-refractivity contribution in [3.63, 3.8) is 0 Å². The van der Waals surface area contributed by atoms with Gasteiger partial charge < -0.3 is 5.11 Å². The first-order chi connectivity index (χ1) is 9.24. The minimum Gasteiger partial charge on any atom is -0.388 e. The van der Waals surface area contributed by atoms with E-state index in [-0.39, 0.29) is 0 Å². The molecule has 0 amide bonds. The molecule has 1 aliphatic rings. The highest BCUT2D eigenvalue weighted by molar-refractivity contribution is 6.30. The van der Waals surface area contributed by atoms with Gasteiger partial charge in [0.1, 0.15) is 0 Å². The monoisotopic (exact) mass is 286 g/mol. The summed E-state index contributed by atoms with van der Waals surface area (Å²) in [5, 5.41) is 10.7. The molecule has 1 N–H and O–H groups in total. The maximum absolute atomic E-state index is 10.1. The normalized spacial score (nSPS) is 19.6. The number of hydrogen-bond acceptors (Lipinski definition) is 1. The van der Waals surface area contributed by atoms with E-state index < -0.39 is 6.10 Å². The second kappa shape index (κ2) is 10.7. The second-order valence-electron chi connectivity index (χ2n) is 6.02. The van der Waals surface area contributed by atoms with Crippen LogP contribution in [0.15, 0.2) is 11.1 Å². The van der Waals surface area contributed by atoms with Gasteiger partial charge in [-0.3, -0.25) is 0 Å². The molecule has 19 heavy (non-hydrogen) atoms. The first-order valence-electron chi connectivity index (χ1n) is 8.29. The molecule has 0 spiro atoms. The van der Waals surface area contributed by atoms with E-state index in [2.05, 4.69) is 13.0 Å². The van der Waals surface area contributed by atoms with Crippen molar-refractivity contribution in [2.45, 2.75) is 90.1 Å². The molecule has 0 radical (unpaired) electrons. The largest absolute Gasteiger partial charge is 0.388 e. The fourth-order valence-corrected chi connectivity index (χ4v) is 3.18. The summed E-state index contributed by atoms with van der Waals surface area (Å²) in [7, 11) is 0. The highest BCUT2D eigenvalue weighted by atomic mass is 35.5. The Balaban J connectivity index is 2.13. The third-order valence-corrected chi connectivity index (χ3v) is 4.57. The Labute approximate surface area is 124 Å². The van der Waals surface area contributed by atoms with Gasteiger partial charge >= 0.3 is 0 Å². The summed E-state index contributed by atoms with van der Waals surface area (Å²) in [5.41, 5.74) is 0. The second-order valence-corrected chi connectivity index (χ2v) is 6.46. The minimum atomic E-state index is -0.422. The molecule has 0 bridgehead atoms. The first-order valence-corrected chi connectivity index (χ1v) is 8.67. The zero-order chi connectivity index (χ0) is 13.9. The van der Waals surface area contributed by atoms with Gasteiger partial charge in [0.2, 0.25) is 0 Å². The molecule has 1 nitrogen and oxygen atoms in total. The van der Waals surface area contributed by atoms with Crippen LogP contribution in [-0.2, 0) is 0 Å².